The van der Waals surface area contributed by atoms with Gasteiger partial charge < -0.3 is 10.1 Å². The highest BCUT2D eigenvalue weighted by atomic mass is 16.5. The van der Waals surface area contributed by atoms with E-state index in [1.165, 1.54) is 36.8 Å². The Morgan fingerprint density at radius 2 is 2.20 bits per heavy atom. The number of aryl methyl sites for hydroxylation is 1. The summed E-state index contributed by atoms with van der Waals surface area (Å²) in [6, 6.07) is 6.50. The van der Waals surface area contributed by atoms with Crippen molar-refractivity contribution in [3.63, 3.8) is 0 Å². The number of benzene rings is 1. The molecular formula is C18H29NO. The van der Waals surface area contributed by atoms with Gasteiger partial charge in [-0.2, -0.15) is 0 Å². The van der Waals surface area contributed by atoms with Gasteiger partial charge in [-0.1, -0.05) is 50.8 Å². The Bertz CT molecular complexity index is 416. The molecule has 2 unspecified atom stereocenters. The second-order valence-electron chi connectivity index (χ2n) is 6.13. The van der Waals surface area contributed by atoms with Gasteiger partial charge in [-0.05, 0) is 37.4 Å². The largest absolute Gasteiger partial charge is 0.488 e. The fraction of sp³-hybridized carbons (Fsp3) is 0.667. The van der Waals surface area contributed by atoms with Crippen molar-refractivity contribution in [1.29, 1.82) is 0 Å². The van der Waals surface area contributed by atoms with Crippen LogP contribution in [-0.2, 0) is 6.42 Å². The van der Waals surface area contributed by atoms with Crippen LogP contribution in [0.2, 0.25) is 0 Å². The highest BCUT2D eigenvalue weighted by Gasteiger charge is 2.22. The molecule has 2 atom stereocenters. The molecule has 0 bridgehead atoms. The molecule has 20 heavy (non-hydrogen) atoms. The van der Waals surface area contributed by atoms with E-state index < -0.39 is 0 Å². The summed E-state index contributed by atoms with van der Waals surface area (Å²) in [5, 5.41) is 3.61. The van der Waals surface area contributed by atoms with E-state index in [0.717, 1.165) is 31.2 Å². The number of hydrogen-bond donors (Lipinski definition) is 1. The molecule has 112 valence electrons. The Morgan fingerprint density at radius 3 is 2.95 bits per heavy atom. The van der Waals surface area contributed by atoms with Crippen molar-refractivity contribution in [2.75, 3.05) is 13.1 Å². The zero-order valence-corrected chi connectivity index (χ0v) is 13.2. The molecular weight excluding hydrogens is 246 g/mol. The fourth-order valence-electron chi connectivity index (χ4n) is 2.95. The van der Waals surface area contributed by atoms with Gasteiger partial charge in [0.25, 0.3) is 0 Å². The lowest BCUT2D eigenvalue weighted by atomic mass is 9.99. The Labute approximate surface area is 123 Å². The number of unbranched alkanes of at least 4 members (excludes halogenated alkanes) is 1. The van der Waals surface area contributed by atoms with Crippen LogP contribution in [0.4, 0.5) is 0 Å². The second-order valence-corrected chi connectivity index (χ2v) is 6.13. The van der Waals surface area contributed by atoms with Gasteiger partial charge in [0.2, 0.25) is 0 Å². The van der Waals surface area contributed by atoms with Crippen LogP contribution >= 0.6 is 0 Å². The molecule has 0 spiro atoms. The van der Waals surface area contributed by atoms with E-state index in [-0.39, 0.29) is 0 Å². The SMILES string of the molecule is CCCCC(CC)CNCC1Cc2cc(C)ccc2O1. The third-order valence-electron chi connectivity index (χ3n) is 4.31. The van der Waals surface area contributed by atoms with E-state index in [0.29, 0.717) is 6.10 Å². The lowest BCUT2D eigenvalue weighted by molar-refractivity contribution is 0.223. The van der Waals surface area contributed by atoms with Crippen molar-refractivity contribution in [3.8, 4) is 5.75 Å². The molecule has 0 aliphatic carbocycles. The van der Waals surface area contributed by atoms with Crippen molar-refractivity contribution in [3.05, 3.63) is 29.3 Å². The molecule has 2 rings (SSSR count). The zero-order valence-electron chi connectivity index (χ0n) is 13.2. The Balaban J connectivity index is 1.71. The van der Waals surface area contributed by atoms with Gasteiger partial charge in [0.05, 0.1) is 0 Å². The van der Waals surface area contributed by atoms with Crippen LogP contribution in [0.5, 0.6) is 5.75 Å². The van der Waals surface area contributed by atoms with Crippen molar-refractivity contribution >= 4 is 0 Å². The lowest BCUT2D eigenvalue weighted by Gasteiger charge is -2.17. The second kappa shape index (κ2) is 7.68. The Kier molecular flexibility index (Phi) is 5.90. The van der Waals surface area contributed by atoms with E-state index in [9.17, 15) is 0 Å². The first-order chi connectivity index (χ1) is 9.72. The zero-order chi connectivity index (χ0) is 14.4. The van der Waals surface area contributed by atoms with Crippen LogP contribution < -0.4 is 10.1 Å². The third kappa shape index (κ3) is 4.24. The van der Waals surface area contributed by atoms with Crippen LogP contribution in [0.3, 0.4) is 0 Å². The first-order valence-corrected chi connectivity index (χ1v) is 8.19. The van der Waals surface area contributed by atoms with Gasteiger partial charge in [-0.3, -0.25) is 0 Å². The van der Waals surface area contributed by atoms with Crippen LogP contribution in [-0.4, -0.2) is 19.2 Å². The minimum atomic E-state index is 0.315. The average Bonchev–Trinajstić information content (AvgIpc) is 2.84. The standard InChI is InChI=1S/C18H29NO/c1-4-6-7-15(5-2)12-19-13-17-11-16-10-14(3)8-9-18(16)20-17/h8-10,15,17,19H,4-7,11-13H2,1-3H3. The normalized spacial score (nSPS) is 18.6. The highest BCUT2D eigenvalue weighted by molar-refractivity contribution is 5.40. The Hall–Kier alpha value is -1.02. The summed E-state index contributed by atoms with van der Waals surface area (Å²) in [6.45, 7) is 8.81. The van der Waals surface area contributed by atoms with Gasteiger partial charge in [0.1, 0.15) is 11.9 Å². The maximum absolute atomic E-state index is 6.00. The van der Waals surface area contributed by atoms with Gasteiger partial charge >= 0.3 is 0 Å². The molecule has 2 heteroatoms. The van der Waals surface area contributed by atoms with Crippen LogP contribution in [0.25, 0.3) is 0 Å². The number of ether oxygens (including phenoxy) is 1. The molecule has 1 aromatic carbocycles. The predicted octanol–water partition coefficient (Wildman–Crippen LogP) is 4.10. The maximum Gasteiger partial charge on any atom is 0.123 e. The van der Waals surface area contributed by atoms with Crippen molar-refractivity contribution < 1.29 is 4.74 Å². The number of fused-ring (bicyclic) bond motifs is 1. The van der Waals surface area contributed by atoms with E-state index in [1.807, 2.05) is 0 Å². The van der Waals surface area contributed by atoms with Gasteiger partial charge in [0, 0.05) is 13.0 Å². The molecule has 0 radical (unpaired) electrons. The summed E-state index contributed by atoms with van der Waals surface area (Å²) in [5.74, 6) is 1.90. The third-order valence-corrected chi connectivity index (χ3v) is 4.31. The predicted molar refractivity (Wildman–Crippen MR) is 85.5 cm³/mol. The number of hydrogen-bond acceptors (Lipinski definition) is 2. The summed E-state index contributed by atoms with van der Waals surface area (Å²) >= 11 is 0. The minimum Gasteiger partial charge on any atom is -0.488 e. The van der Waals surface area contributed by atoms with Crippen LogP contribution in [0.1, 0.15) is 50.7 Å². The molecule has 0 saturated carbocycles. The molecule has 1 aliphatic rings. The average molecular weight is 275 g/mol. The summed E-state index contributed by atoms with van der Waals surface area (Å²) in [5.41, 5.74) is 2.70. The number of nitrogens with one attached hydrogen (secondary N) is 1. The molecule has 1 aliphatic heterocycles. The van der Waals surface area contributed by atoms with Crippen molar-refractivity contribution in [2.45, 2.75) is 59.0 Å². The quantitative estimate of drug-likeness (QED) is 0.771. The lowest BCUT2D eigenvalue weighted by Crippen LogP contribution is -2.33. The Morgan fingerprint density at radius 1 is 1.35 bits per heavy atom. The van der Waals surface area contributed by atoms with E-state index in [4.69, 9.17) is 4.74 Å². The molecule has 1 N–H and O–H groups in total. The molecule has 1 heterocycles. The van der Waals surface area contributed by atoms with E-state index >= 15 is 0 Å². The van der Waals surface area contributed by atoms with E-state index in [2.05, 4.69) is 44.3 Å². The summed E-state index contributed by atoms with van der Waals surface area (Å²) in [6.07, 6.45) is 6.65. The van der Waals surface area contributed by atoms with Gasteiger partial charge in [0.15, 0.2) is 0 Å². The molecule has 2 nitrogen and oxygen atoms in total. The van der Waals surface area contributed by atoms with E-state index in [1.54, 1.807) is 0 Å². The maximum atomic E-state index is 6.00. The first-order valence-electron chi connectivity index (χ1n) is 8.19. The molecule has 0 fully saturated rings. The molecule has 0 saturated heterocycles. The molecule has 1 aromatic rings. The fourth-order valence-corrected chi connectivity index (χ4v) is 2.95. The molecule has 0 amide bonds. The topological polar surface area (TPSA) is 21.3 Å². The van der Waals surface area contributed by atoms with Crippen LogP contribution in [0.15, 0.2) is 18.2 Å². The summed E-state index contributed by atoms with van der Waals surface area (Å²) in [4.78, 5) is 0. The monoisotopic (exact) mass is 275 g/mol. The summed E-state index contributed by atoms with van der Waals surface area (Å²) < 4.78 is 6.00. The minimum absolute atomic E-state index is 0.315. The highest BCUT2D eigenvalue weighted by Crippen LogP contribution is 2.29. The van der Waals surface area contributed by atoms with Gasteiger partial charge in [-0.15, -0.1) is 0 Å². The smallest absolute Gasteiger partial charge is 0.123 e. The van der Waals surface area contributed by atoms with Crippen molar-refractivity contribution in [1.82, 2.24) is 5.32 Å². The first kappa shape index (κ1) is 15.4. The van der Waals surface area contributed by atoms with Crippen LogP contribution in [0, 0.1) is 12.8 Å². The summed E-state index contributed by atoms with van der Waals surface area (Å²) in [7, 11) is 0. The van der Waals surface area contributed by atoms with Gasteiger partial charge in [-0.25, -0.2) is 0 Å². The van der Waals surface area contributed by atoms with Crippen molar-refractivity contribution in [2.24, 2.45) is 5.92 Å². The molecule has 0 aromatic heterocycles. The number of rotatable bonds is 8.